The van der Waals surface area contributed by atoms with Crippen molar-refractivity contribution in [2.24, 2.45) is 0 Å². The summed E-state index contributed by atoms with van der Waals surface area (Å²) < 4.78 is 26.7. The minimum absolute atomic E-state index is 0.610. The molecule has 0 unspecified atom stereocenters. The molecule has 8 heteroatoms. The van der Waals surface area contributed by atoms with Crippen molar-refractivity contribution in [3.63, 3.8) is 0 Å². The van der Waals surface area contributed by atoms with Gasteiger partial charge in [-0.1, -0.05) is 30.3 Å². The Kier molecular flexibility index (Phi) is 5.58. The van der Waals surface area contributed by atoms with E-state index in [4.69, 9.17) is 9.97 Å². The molecule has 1 aliphatic heterocycles. The molecule has 35 heavy (non-hydrogen) atoms. The number of aromatic amines is 1. The highest BCUT2D eigenvalue weighted by atomic mass is 19.2. The molecule has 0 aliphatic carbocycles. The second-order valence-corrected chi connectivity index (χ2v) is 8.81. The Morgan fingerprint density at radius 2 is 1.69 bits per heavy atom. The van der Waals surface area contributed by atoms with Crippen LogP contribution in [0.3, 0.4) is 0 Å². The standard InChI is InChI=1S/C27H24F2N6/c28-20-9-8-18(17-21(20)29)10-12-34-13-15-35(16-14-34)27-25-24(19-5-1-2-6-22(19)31-25)32-26(33-27)23-7-3-4-11-30-23/h1-9,11,17,31H,10,12-16H2. The molecule has 5 aromatic rings. The summed E-state index contributed by atoms with van der Waals surface area (Å²) >= 11 is 0. The van der Waals surface area contributed by atoms with E-state index in [2.05, 4.69) is 31.9 Å². The van der Waals surface area contributed by atoms with Crippen molar-refractivity contribution in [3.05, 3.63) is 84.1 Å². The Hall–Kier alpha value is -3.91. The van der Waals surface area contributed by atoms with Gasteiger partial charge in [-0.25, -0.2) is 18.7 Å². The predicted molar refractivity (Wildman–Crippen MR) is 133 cm³/mol. The largest absolute Gasteiger partial charge is 0.352 e. The number of rotatable bonds is 5. The van der Waals surface area contributed by atoms with Crippen molar-refractivity contribution in [1.29, 1.82) is 0 Å². The highest BCUT2D eigenvalue weighted by molar-refractivity contribution is 6.08. The number of halogens is 2. The highest BCUT2D eigenvalue weighted by Crippen LogP contribution is 2.32. The molecule has 0 amide bonds. The number of benzene rings is 2. The number of hydrogen-bond donors (Lipinski definition) is 1. The fraction of sp³-hybridized carbons (Fsp3) is 0.222. The zero-order chi connectivity index (χ0) is 23.8. The van der Waals surface area contributed by atoms with Crippen molar-refractivity contribution in [2.75, 3.05) is 37.6 Å². The summed E-state index contributed by atoms with van der Waals surface area (Å²) in [4.78, 5) is 22.5. The second-order valence-electron chi connectivity index (χ2n) is 8.81. The molecule has 4 heterocycles. The van der Waals surface area contributed by atoms with E-state index >= 15 is 0 Å². The molecule has 1 N–H and O–H groups in total. The molecule has 1 aliphatic rings. The van der Waals surface area contributed by atoms with E-state index in [9.17, 15) is 8.78 Å². The van der Waals surface area contributed by atoms with E-state index in [0.29, 0.717) is 12.2 Å². The van der Waals surface area contributed by atoms with E-state index in [1.807, 2.05) is 30.3 Å². The number of nitrogens with zero attached hydrogens (tertiary/aromatic N) is 5. The third-order valence-electron chi connectivity index (χ3n) is 6.60. The van der Waals surface area contributed by atoms with E-state index in [0.717, 1.165) is 71.7 Å². The number of fused-ring (bicyclic) bond motifs is 3. The van der Waals surface area contributed by atoms with Gasteiger partial charge < -0.3 is 9.88 Å². The van der Waals surface area contributed by atoms with Crippen LogP contribution in [0.25, 0.3) is 33.5 Å². The lowest BCUT2D eigenvalue weighted by Crippen LogP contribution is -2.47. The Balaban J connectivity index is 1.26. The van der Waals surface area contributed by atoms with Gasteiger partial charge in [0.1, 0.15) is 16.7 Å². The first-order valence-corrected chi connectivity index (χ1v) is 11.8. The third kappa shape index (κ3) is 4.21. The van der Waals surface area contributed by atoms with Crippen LogP contribution in [0.4, 0.5) is 14.6 Å². The van der Waals surface area contributed by atoms with Crippen LogP contribution in [0.5, 0.6) is 0 Å². The fourth-order valence-corrected chi connectivity index (χ4v) is 4.70. The van der Waals surface area contributed by atoms with Crippen LogP contribution < -0.4 is 4.90 Å². The Bertz CT molecular complexity index is 1490. The topological polar surface area (TPSA) is 60.9 Å². The quantitative estimate of drug-likeness (QED) is 0.399. The summed E-state index contributed by atoms with van der Waals surface area (Å²) in [6, 6.07) is 18.0. The van der Waals surface area contributed by atoms with Gasteiger partial charge in [0.15, 0.2) is 23.3 Å². The lowest BCUT2D eigenvalue weighted by atomic mass is 10.1. The number of nitrogens with one attached hydrogen (secondary N) is 1. The smallest absolute Gasteiger partial charge is 0.180 e. The van der Waals surface area contributed by atoms with Gasteiger partial charge in [-0.3, -0.25) is 9.88 Å². The molecule has 1 fully saturated rings. The number of para-hydroxylation sites is 1. The lowest BCUT2D eigenvalue weighted by molar-refractivity contribution is 0.260. The molecule has 176 valence electrons. The number of hydrogen-bond acceptors (Lipinski definition) is 5. The van der Waals surface area contributed by atoms with Crippen molar-refractivity contribution in [2.45, 2.75) is 6.42 Å². The summed E-state index contributed by atoms with van der Waals surface area (Å²) in [6.45, 7) is 4.12. The second kappa shape index (κ2) is 9.03. The Morgan fingerprint density at radius 1 is 0.857 bits per heavy atom. The normalized spacial score (nSPS) is 14.7. The summed E-state index contributed by atoms with van der Waals surface area (Å²) in [5.74, 6) is -0.103. The SMILES string of the molecule is Fc1ccc(CCN2CCN(c3nc(-c4ccccn4)nc4c3[nH]c3ccccc34)CC2)cc1F. The van der Waals surface area contributed by atoms with E-state index in [-0.39, 0.29) is 0 Å². The van der Waals surface area contributed by atoms with Crippen molar-refractivity contribution in [3.8, 4) is 11.5 Å². The van der Waals surface area contributed by atoms with E-state index in [1.165, 1.54) is 12.1 Å². The summed E-state index contributed by atoms with van der Waals surface area (Å²) in [5.41, 5.74) is 4.41. The highest BCUT2D eigenvalue weighted by Gasteiger charge is 2.23. The van der Waals surface area contributed by atoms with Gasteiger partial charge in [0.25, 0.3) is 0 Å². The zero-order valence-corrected chi connectivity index (χ0v) is 19.1. The molecule has 6 nitrogen and oxygen atoms in total. The molecule has 0 atom stereocenters. The molecule has 0 spiro atoms. The molecule has 6 rings (SSSR count). The monoisotopic (exact) mass is 470 g/mol. The van der Waals surface area contributed by atoms with E-state index < -0.39 is 11.6 Å². The average Bonchev–Trinajstić information content (AvgIpc) is 3.28. The number of pyridine rings is 1. The first kappa shape index (κ1) is 21.6. The molecule has 0 radical (unpaired) electrons. The third-order valence-corrected chi connectivity index (χ3v) is 6.60. The number of piperazine rings is 1. The first-order valence-electron chi connectivity index (χ1n) is 11.8. The van der Waals surface area contributed by atoms with Crippen LogP contribution in [-0.2, 0) is 6.42 Å². The summed E-state index contributed by atoms with van der Waals surface area (Å²) in [6.07, 6.45) is 2.43. The Morgan fingerprint density at radius 3 is 2.49 bits per heavy atom. The van der Waals surface area contributed by atoms with Crippen LogP contribution in [0.2, 0.25) is 0 Å². The molecular weight excluding hydrogens is 446 g/mol. The van der Waals surface area contributed by atoms with Gasteiger partial charge in [0, 0.05) is 49.8 Å². The van der Waals surface area contributed by atoms with Crippen LogP contribution in [-0.4, -0.2) is 57.6 Å². The summed E-state index contributed by atoms with van der Waals surface area (Å²) in [5, 5.41) is 1.06. The number of aromatic nitrogens is 4. The molecule has 0 bridgehead atoms. The lowest BCUT2D eigenvalue weighted by Gasteiger charge is -2.35. The maximum Gasteiger partial charge on any atom is 0.180 e. The van der Waals surface area contributed by atoms with Gasteiger partial charge in [-0.05, 0) is 42.3 Å². The number of H-pyrrole nitrogens is 1. The van der Waals surface area contributed by atoms with Gasteiger partial charge >= 0.3 is 0 Å². The van der Waals surface area contributed by atoms with Crippen molar-refractivity contribution < 1.29 is 8.78 Å². The van der Waals surface area contributed by atoms with Crippen molar-refractivity contribution in [1.82, 2.24) is 24.8 Å². The van der Waals surface area contributed by atoms with Crippen molar-refractivity contribution >= 4 is 27.8 Å². The zero-order valence-electron chi connectivity index (χ0n) is 19.1. The minimum atomic E-state index is -0.805. The van der Waals surface area contributed by atoms with Gasteiger partial charge in [-0.2, -0.15) is 0 Å². The van der Waals surface area contributed by atoms with Gasteiger partial charge in [-0.15, -0.1) is 0 Å². The summed E-state index contributed by atoms with van der Waals surface area (Å²) in [7, 11) is 0. The molecule has 1 saturated heterocycles. The maximum absolute atomic E-state index is 13.5. The average molecular weight is 471 g/mol. The van der Waals surface area contributed by atoms with Crippen LogP contribution in [0.15, 0.2) is 66.9 Å². The molecule has 3 aromatic heterocycles. The fourth-order valence-electron chi connectivity index (χ4n) is 4.70. The van der Waals surface area contributed by atoms with Crippen LogP contribution in [0.1, 0.15) is 5.56 Å². The predicted octanol–water partition coefficient (Wildman–Crippen LogP) is 4.82. The minimum Gasteiger partial charge on any atom is -0.352 e. The maximum atomic E-state index is 13.5. The number of anilines is 1. The van der Waals surface area contributed by atoms with Crippen LogP contribution in [0, 0.1) is 11.6 Å². The molecule has 0 saturated carbocycles. The van der Waals surface area contributed by atoms with Gasteiger partial charge in [0.2, 0.25) is 0 Å². The molecule has 2 aromatic carbocycles. The van der Waals surface area contributed by atoms with Gasteiger partial charge in [0.05, 0.1) is 0 Å². The Labute approximate surface area is 201 Å². The molecular formula is C27H24F2N6. The van der Waals surface area contributed by atoms with E-state index in [1.54, 1.807) is 12.3 Å². The first-order chi connectivity index (χ1) is 17.2. The van der Waals surface area contributed by atoms with Crippen LogP contribution >= 0.6 is 0 Å².